The molecule has 3 aromatic rings. The fourth-order valence-electron chi connectivity index (χ4n) is 3.91. The second kappa shape index (κ2) is 10.1. The second-order valence-electron chi connectivity index (χ2n) is 8.16. The van der Waals surface area contributed by atoms with Crippen LogP contribution in [0, 0.1) is 0 Å². The summed E-state index contributed by atoms with van der Waals surface area (Å²) < 4.78 is 26.9. The van der Waals surface area contributed by atoms with E-state index < -0.39 is 10.0 Å². The van der Waals surface area contributed by atoms with Crippen LogP contribution < -0.4 is 5.32 Å². The Balaban J connectivity index is 1.50. The van der Waals surface area contributed by atoms with Gasteiger partial charge in [-0.3, -0.25) is 14.5 Å². The minimum atomic E-state index is -3.26. The van der Waals surface area contributed by atoms with Crippen LogP contribution in [0.4, 0.5) is 0 Å². The molecule has 3 heterocycles. The van der Waals surface area contributed by atoms with Crippen molar-refractivity contribution in [3.63, 3.8) is 0 Å². The summed E-state index contributed by atoms with van der Waals surface area (Å²) in [7, 11) is -3.26. The van der Waals surface area contributed by atoms with Gasteiger partial charge >= 0.3 is 0 Å². The number of hydrogen-bond donors (Lipinski definition) is 1. The van der Waals surface area contributed by atoms with Gasteiger partial charge in [0.1, 0.15) is 5.69 Å². The summed E-state index contributed by atoms with van der Waals surface area (Å²) in [5.74, 6) is -0.261. The molecule has 0 aliphatic carbocycles. The quantitative estimate of drug-likeness (QED) is 0.541. The van der Waals surface area contributed by atoms with E-state index in [2.05, 4.69) is 10.3 Å². The number of carbonyl (C=O) groups excluding carboxylic acids is 1. The fraction of sp³-hybridized carbons (Fsp3) is 0.292. The first kappa shape index (κ1) is 22.9. The molecule has 0 saturated carbocycles. The molecule has 1 atom stereocenters. The molecule has 1 amide bonds. The number of benzene rings is 1. The van der Waals surface area contributed by atoms with Crippen molar-refractivity contribution >= 4 is 22.0 Å². The van der Waals surface area contributed by atoms with Gasteiger partial charge in [-0.15, -0.1) is 0 Å². The highest BCUT2D eigenvalue weighted by Crippen LogP contribution is 2.23. The minimum Gasteiger partial charge on any atom is -0.348 e. The van der Waals surface area contributed by atoms with Gasteiger partial charge < -0.3 is 5.32 Å². The van der Waals surface area contributed by atoms with E-state index in [1.807, 2.05) is 53.3 Å². The van der Waals surface area contributed by atoms with E-state index in [9.17, 15) is 13.2 Å². The molecule has 9 heteroatoms. The van der Waals surface area contributed by atoms with Gasteiger partial charge in [-0.1, -0.05) is 30.3 Å². The zero-order valence-electron chi connectivity index (χ0n) is 18.5. The number of aromatic nitrogens is 3. The molecule has 1 N–H and O–H groups in total. The van der Waals surface area contributed by atoms with Crippen molar-refractivity contribution in [3.8, 4) is 11.3 Å². The van der Waals surface area contributed by atoms with Crippen LogP contribution >= 0.6 is 0 Å². The monoisotopic (exact) mass is 465 g/mol. The van der Waals surface area contributed by atoms with Crippen LogP contribution in [0.1, 0.15) is 24.0 Å². The Kier molecular flexibility index (Phi) is 7.00. The molecule has 1 fully saturated rings. The highest BCUT2D eigenvalue weighted by molar-refractivity contribution is 7.88. The van der Waals surface area contributed by atoms with Gasteiger partial charge in [0.05, 0.1) is 12.8 Å². The first-order valence-electron chi connectivity index (χ1n) is 10.8. The van der Waals surface area contributed by atoms with E-state index in [1.165, 1.54) is 16.6 Å². The second-order valence-corrected chi connectivity index (χ2v) is 10.1. The van der Waals surface area contributed by atoms with Gasteiger partial charge in [-0.05, 0) is 36.6 Å². The zero-order valence-corrected chi connectivity index (χ0v) is 19.3. The normalized spacial score (nSPS) is 17.3. The molecular weight excluding hydrogens is 438 g/mol. The van der Waals surface area contributed by atoms with E-state index in [0.717, 1.165) is 35.2 Å². The van der Waals surface area contributed by atoms with Crippen LogP contribution in [0.3, 0.4) is 0 Å². The van der Waals surface area contributed by atoms with Crippen molar-refractivity contribution in [1.29, 1.82) is 0 Å². The predicted molar refractivity (Wildman–Crippen MR) is 128 cm³/mol. The third kappa shape index (κ3) is 6.15. The first-order valence-corrected chi connectivity index (χ1v) is 12.7. The number of nitrogens with zero attached hydrogens (tertiary/aromatic N) is 4. The third-order valence-corrected chi connectivity index (χ3v) is 6.80. The number of sulfonamides is 1. The van der Waals surface area contributed by atoms with Gasteiger partial charge in [0.25, 0.3) is 0 Å². The average Bonchev–Trinajstić information content (AvgIpc) is 3.21. The average molecular weight is 466 g/mol. The lowest BCUT2D eigenvalue weighted by Crippen LogP contribution is -2.48. The number of nitrogens with one attached hydrogen (secondary N) is 1. The molecule has 0 radical (unpaired) electrons. The molecule has 1 unspecified atom stereocenters. The Labute approximate surface area is 194 Å². The van der Waals surface area contributed by atoms with E-state index >= 15 is 0 Å². The largest absolute Gasteiger partial charge is 0.348 e. The number of pyridine rings is 1. The lowest BCUT2D eigenvalue weighted by atomic mass is 10.1. The first-order chi connectivity index (χ1) is 15.9. The van der Waals surface area contributed by atoms with Crippen molar-refractivity contribution < 1.29 is 13.2 Å². The summed E-state index contributed by atoms with van der Waals surface area (Å²) in [4.78, 5) is 16.8. The molecule has 1 saturated heterocycles. The van der Waals surface area contributed by atoms with Gasteiger partial charge in [0.2, 0.25) is 15.9 Å². The van der Waals surface area contributed by atoms with Crippen molar-refractivity contribution in [2.45, 2.75) is 25.4 Å². The molecule has 1 aliphatic heterocycles. The molecule has 1 aliphatic rings. The van der Waals surface area contributed by atoms with E-state index in [0.29, 0.717) is 19.6 Å². The predicted octanol–water partition coefficient (Wildman–Crippen LogP) is 2.55. The number of hydrogen-bond acceptors (Lipinski definition) is 5. The summed E-state index contributed by atoms with van der Waals surface area (Å²) in [6, 6.07) is 13.6. The lowest BCUT2D eigenvalue weighted by Gasteiger charge is -2.31. The summed E-state index contributed by atoms with van der Waals surface area (Å²) in [6.45, 7) is 1.40. The molecule has 172 valence electrons. The van der Waals surface area contributed by atoms with Crippen molar-refractivity contribution in [2.24, 2.45) is 0 Å². The van der Waals surface area contributed by atoms with Crippen LogP contribution in [-0.4, -0.2) is 58.8 Å². The SMILES string of the molecule is CS(=O)(=O)N1CCCC(NC(=O)/C=C/c2cn(Cc3ccccc3)nc2-c2cccnc2)C1. The smallest absolute Gasteiger partial charge is 0.244 e. The summed E-state index contributed by atoms with van der Waals surface area (Å²) >= 11 is 0. The van der Waals surface area contributed by atoms with E-state index in [4.69, 9.17) is 5.10 Å². The van der Waals surface area contributed by atoms with Crippen LogP contribution in [0.5, 0.6) is 0 Å². The van der Waals surface area contributed by atoms with Crippen LogP contribution in [0.15, 0.2) is 67.1 Å². The van der Waals surface area contributed by atoms with Crippen molar-refractivity contribution in [1.82, 2.24) is 24.4 Å². The van der Waals surface area contributed by atoms with Crippen molar-refractivity contribution in [2.75, 3.05) is 19.3 Å². The maximum Gasteiger partial charge on any atom is 0.244 e. The van der Waals surface area contributed by atoms with Gasteiger partial charge in [0.15, 0.2) is 0 Å². The highest BCUT2D eigenvalue weighted by atomic mass is 32.2. The Morgan fingerprint density at radius 2 is 2.03 bits per heavy atom. The molecule has 2 aromatic heterocycles. The summed E-state index contributed by atoms with van der Waals surface area (Å²) in [5.41, 5.74) is 3.53. The zero-order chi connectivity index (χ0) is 23.3. The van der Waals surface area contributed by atoms with Gasteiger partial charge in [-0.25, -0.2) is 12.7 Å². The van der Waals surface area contributed by atoms with Crippen LogP contribution in [0.2, 0.25) is 0 Å². The lowest BCUT2D eigenvalue weighted by molar-refractivity contribution is -0.117. The number of piperidine rings is 1. The van der Waals surface area contributed by atoms with Gasteiger partial charge in [-0.2, -0.15) is 5.10 Å². The van der Waals surface area contributed by atoms with E-state index in [1.54, 1.807) is 18.5 Å². The molecule has 8 nitrogen and oxygen atoms in total. The van der Waals surface area contributed by atoms with Crippen molar-refractivity contribution in [3.05, 3.63) is 78.3 Å². The third-order valence-electron chi connectivity index (χ3n) is 5.53. The molecule has 0 bridgehead atoms. The van der Waals surface area contributed by atoms with E-state index in [-0.39, 0.29) is 11.9 Å². The van der Waals surface area contributed by atoms with Crippen LogP contribution in [0.25, 0.3) is 17.3 Å². The maximum absolute atomic E-state index is 12.6. The Morgan fingerprint density at radius 3 is 2.76 bits per heavy atom. The molecular formula is C24H27N5O3S. The Morgan fingerprint density at radius 1 is 1.21 bits per heavy atom. The topological polar surface area (TPSA) is 97.2 Å². The number of rotatable bonds is 7. The highest BCUT2D eigenvalue weighted by Gasteiger charge is 2.26. The fourth-order valence-corrected chi connectivity index (χ4v) is 4.83. The minimum absolute atomic E-state index is 0.204. The molecule has 4 rings (SSSR count). The standard InChI is InChI=1S/C24H27N5O3S/c1-33(31,32)29-14-6-10-22(18-29)26-23(30)12-11-21-17-28(16-19-7-3-2-4-8-19)27-24(21)20-9-5-13-25-15-20/h2-5,7-9,11-13,15,17,22H,6,10,14,16,18H2,1H3,(H,26,30)/b12-11+. The number of carbonyl (C=O) groups is 1. The Bertz CT molecular complexity index is 1220. The Hall–Kier alpha value is -3.30. The molecule has 0 spiro atoms. The van der Waals surface area contributed by atoms with Gasteiger partial charge in [0, 0.05) is 54.9 Å². The maximum atomic E-state index is 12.6. The summed E-state index contributed by atoms with van der Waals surface area (Å²) in [6.07, 6.45) is 11.2. The number of amides is 1. The molecule has 33 heavy (non-hydrogen) atoms. The van der Waals surface area contributed by atoms with Crippen LogP contribution in [-0.2, 0) is 21.4 Å². The molecule has 1 aromatic carbocycles. The summed E-state index contributed by atoms with van der Waals surface area (Å²) in [5, 5.41) is 7.65.